The minimum atomic E-state index is -5.16. The van der Waals surface area contributed by atoms with Gasteiger partial charge in [0.05, 0.1) is 0 Å². The van der Waals surface area contributed by atoms with Gasteiger partial charge in [0, 0.05) is 19.0 Å². The van der Waals surface area contributed by atoms with Crippen LogP contribution in [0.2, 0.25) is 0 Å². The first kappa shape index (κ1) is 27.7. The number of rotatable bonds is 7. The molecule has 2 heterocycles. The molecule has 5 amide bonds. The lowest BCUT2D eigenvalue weighted by atomic mass is 9.85. The Kier molecular flexibility index (Phi) is 7.10. The number of nitrogens with two attached hydrogens (primary N) is 1. The van der Waals surface area contributed by atoms with Gasteiger partial charge in [-0.25, -0.2) is 0 Å². The Morgan fingerprint density at radius 2 is 1.81 bits per heavy atom. The molecule has 6 atom stereocenters. The highest BCUT2D eigenvalue weighted by atomic mass is 19.4. The predicted molar refractivity (Wildman–Crippen MR) is 121 cm³/mol. The average molecular weight is 518 g/mol. The number of piperidine rings is 1. The van der Waals surface area contributed by atoms with E-state index in [0.29, 0.717) is 0 Å². The zero-order chi connectivity index (χ0) is 27.4. The van der Waals surface area contributed by atoms with Crippen LogP contribution in [0, 0.1) is 28.6 Å². The number of halogens is 3. The fourth-order valence-corrected chi connectivity index (χ4v) is 5.49. The van der Waals surface area contributed by atoms with Crippen LogP contribution in [0.25, 0.3) is 0 Å². The molecule has 202 valence electrons. The quantitative estimate of drug-likeness (QED) is 0.377. The number of carbonyl (C=O) groups excluding carboxylic acids is 5. The van der Waals surface area contributed by atoms with E-state index in [0.717, 1.165) is 0 Å². The maximum Gasteiger partial charge on any atom is 0.471 e. The van der Waals surface area contributed by atoms with Crippen molar-refractivity contribution >= 4 is 29.5 Å². The van der Waals surface area contributed by atoms with Crippen LogP contribution in [0.3, 0.4) is 0 Å². The molecule has 1 saturated carbocycles. The zero-order valence-corrected chi connectivity index (χ0v) is 21.0. The fourth-order valence-electron chi connectivity index (χ4n) is 5.49. The Morgan fingerprint density at radius 1 is 1.19 bits per heavy atom. The monoisotopic (exact) mass is 517 g/mol. The largest absolute Gasteiger partial charge is 0.471 e. The number of likely N-dealkylation sites (tertiary alicyclic amines) is 1. The van der Waals surface area contributed by atoms with Gasteiger partial charge in [-0.1, -0.05) is 34.6 Å². The third kappa shape index (κ3) is 5.29. The molecule has 10 nitrogen and oxygen atoms in total. The molecule has 0 aromatic heterocycles. The van der Waals surface area contributed by atoms with E-state index in [9.17, 15) is 37.1 Å². The minimum Gasteiger partial charge on any atom is -0.368 e. The molecule has 36 heavy (non-hydrogen) atoms. The standard InChI is InChI=1S/C23H34F3N5O5/c1-21(2,3)15(30-20(36)23(24,25)26)19(35)31-9-11-13(22(11,4)5)14(31)18(34)28-7-6-10-8-12(16(27)32)29-17(10)33/h10-15H,6-9H2,1-5H3,(H2,27,32)(H,28,34)(H,29,33)(H,30,36)/t10-,11-,12-,13-,14-,15+/m0/s1. The van der Waals surface area contributed by atoms with Gasteiger partial charge >= 0.3 is 12.1 Å². The van der Waals surface area contributed by atoms with Crippen LogP contribution >= 0.6 is 0 Å². The summed E-state index contributed by atoms with van der Waals surface area (Å²) in [5, 5.41) is 7.06. The summed E-state index contributed by atoms with van der Waals surface area (Å²) in [5.74, 6) is -5.10. The average Bonchev–Trinajstić information content (AvgIpc) is 3.08. The molecule has 3 aliphatic rings. The van der Waals surface area contributed by atoms with Gasteiger partial charge in [0.15, 0.2) is 0 Å². The molecule has 0 radical (unpaired) electrons. The van der Waals surface area contributed by atoms with Gasteiger partial charge in [0.25, 0.3) is 0 Å². The van der Waals surface area contributed by atoms with E-state index in [1.54, 1.807) is 0 Å². The Hall–Kier alpha value is -2.86. The van der Waals surface area contributed by atoms with Crippen molar-refractivity contribution in [2.45, 2.75) is 71.8 Å². The lowest BCUT2D eigenvalue weighted by Crippen LogP contribution is -2.60. The molecule has 2 saturated heterocycles. The molecule has 3 rings (SSSR count). The topological polar surface area (TPSA) is 151 Å². The molecule has 0 aromatic rings. The summed E-state index contributed by atoms with van der Waals surface area (Å²) >= 11 is 0. The number of alkyl halides is 3. The van der Waals surface area contributed by atoms with Crippen molar-refractivity contribution in [2.24, 2.45) is 34.3 Å². The van der Waals surface area contributed by atoms with E-state index < -0.39 is 59.3 Å². The maximum absolute atomic E-state index is 13.4. The second-order valence-electron chi connectivity index (χ2n) is 11.6. The summed E-state index contributed by atoms with van der Waals surface area (Å²) in [5.41, 5.74) is 3.95. The fraction of sp³-hybridized carbons (Fsp3) is 0.783. The van der Waals surface area contributed by atoms with Crippen molar-refractivity contribution in [2.75, 3.05) is 13.1 Å². The van der Waals surface area contributed by atoms with Gasteiger partial charge in [0.2, 0.25) is 23.6 Å². The van der Waals surface area contributed by atoms with E-state index in [2.05, 4.69) is 10.6 Å². The highest BCUT2D eigenvalue weighted by molar-refractivity contribution is 5.95. The minimum absolute atomic E-state index is 0.00642. The number of nitrogens with zero attached hydrogens (tertiary/aromatic N) is 1. The Bertz CT molecular complexity index is 961. The molecule has 5 N–H and O–H groups in total. The van der Waals surface area contributed by atoms with Crippen LogP contribution in [-0.2, 0) is 24.0 Å². The van der Waals surface area contributed by atoms with Crippen molar-refractivity contribution in [1.82, 2.24) is 20.9 Å². The number of fused-ring (bicyclic) bond motifs is 1. The van der Waals surface area contributed by atoms with Crippen LogP contribution in [0.1, 0.15) is 47.5 Å². The van der Waals surface area contributed by atoms with E-state index in [1.807, 2.05) is 19.2 Å². The normalized spacial score (nSPS) is 29.7. The van der Waals surface area contributed by atoms with Gasteiger partial charge < -0.3 is 26.6 Å². The molecule has 1 aliphatic carbocycles. The zero-order valence-electron chi connectivity index (χ0n) is 21.0. The summed E-state index contributed by atoms with van der Waals surface area (Å²) < 4.78 is 38.8. The van der Waals surface area contributed by atoms with Crippen LogP contribution in [0.15, 0.2) is 0 Å². The number of carbonyl (C=O) groups is 5. The molecular formula is C23H34F3N5O5. The van der Waals surface area contributed by atoms with Gasteiger partial charge in [-0.15, -0.1) is 0 Å². The van der Waals surface area contributed by atoms with Crippen molar-refractivity contribution in [3.05, 3.63) is 0 Å². The van der Waals surface area contributed by atoms with Gasteiger partial charge in [-0.2, -0.15) is 13.2 Å². The molecular weight excluding hydrogens is 483 g/mol. The van der Waals surface area contributed by atoms with Gasteiger partial charge in [-0.05, 0) is 35.5 Å². The van der Waals surface area contributed by atoms with Crippen LogP contribution in [0.4, 0.5) is 13.2 Å². The Balaban J connectivity index is 1.71. The highest BCUT2D eigenvalue weighted by Gasteiger charge is 2.69. The summed E-state index contributed by atoms with van der Waals surface area (Å²) in [6.45, 7) is 8.82. The molecule has 0 spiro atoms. The molecule has 0 bridgehead atoms. The molecule has 13 heteroatoms. The Labute approximate surface area is 207 Å². The third-order valence-electron chi connectivity index (χ3n) is 7.75. The summed E-state index contributed by atoms with van der Waals surface area (Å²) in [6.07, 6.45) is -4.68. The second-order valence-corrected chi connectivity index (χ2v) is 11.6. The third-order valence-corrected chi connectivity index (χ3v) is 7.75. The maximum atomic E-state index is 13.4. The molecule has 2 aliphatic heterocycles. The summed E-state index contributed by atoms with van der Waals surface area (Å²) in [6, 6.07) is -3.16. The first-order valence-corrected chi connectivity index (χ1v) is 11.9. The van der Waals surface area contributed by atoms with Gasteiger partial charge in [-0.3, -0.25) is 24.0 Å². The number of nitrogens with one attached hydrogen (secondary N) is 3. The van der Waals surface area contributed by atoms with Crippen molar-refractivity contribution < 1.29 is 37.1 Å². The number of amides is 5. The van der Waals surface area contributed by atoms with E-state index >= 15 is 0 Å². The lowest BCUT2D eigenvalue weighted by Gasteiger charge is -2.37. The second kappa shape index (κ2) is 9.22. The SMILES string of the molecule is CC(C)(C)[C@H](NC(=O)C(F)(F)F)C(=O)N1C[C@H]2[C@@H]([C@H]1C(=O)NCC[C@H]1C[C@@H](C(N)=O)NC1=O)C2(C)C. The number of hydrogen-bond donors (Lipinski definition) is 4. The van der Waals surface area contributed by atoms with Crippen LogP contribution < -0.4 is 21.7 Å². The van der Waals surface area contributed by atoms with Crippen LogP contribution in [0.5, 0.6) is 0 Å². The smallest absolute Gasteiger partial charge is 0.368 e. The summed E-state index contributed by atoms with van der Waals surface area (Å²) in [4.78, 5) is 62.9. The highest BCUT2D eigenvalue weighted by Crippen LogP contribution is 2.65. The predicted octanol–water partition coefficient (Wildman–Crippen LogP) is 0.0589. The molecule has 0 aromatic carbocycles. The van der Waals surface area contributed by atoms with Crippen molar-refractivity contribution in [3.8, 4) is 0 Å². The first-order chi connectivity index (χ1) is 16.4. The van der Waals surface area contributed by atoms with E-state index in [4.69, 9.17) is 5.73 Å². The summed E-state index contributed by atoms with van der Waals surface area (Å²) in [7, 11) is 0. The van der Waals surface area contributed by atoms with Crippen molar-refractivity contribution in [1.29, 1.82) is 0 Å². The van der Waals surface area contributed by atoms with E-state index in [1.165, 1.54) is 25.7 Å². The van der Waals surface area contributed by atoms with Crippen LogP contribution in [-0.4, -0.2) is 71.8 Å². The number of primary amides is 1. The lowest BCUT2D eigenvalue weighted by molar-refractivity contribution is -0.176. The molecule has 0 unspecified atom stereocenters. The first-order valence-electron chi connectivity index (χ1n) is 11.9. The number of hydrogen-bond acceptors (Lipinski definition) is 5. The molecule has 3 fully saturated rings. The van der Waals surface area contributed by atoms with Crippen molar-refractivity contribution in [3.63, 3.8) is 0 Å². The van der Waals surface area contributed by atoms with Gasteiger partial charge in [0.1, 0.15) is 18.1 Å². The Morgan fingerprint density at radius 3 is 2.31 bits per heavy atom. The van der Waals surface area contributed by atoms with E-state index in [-0.39, 0.29) is 49.1 Å².